The Hall–Kier alpha value is -2.96. The minimum Gasteiger partial charge on any atom is -0.294 e. The summed E-state index contributed by atoms with van der Waals surface area (Å²) >= 11 is 1.71. The van der Waals surface area contributed by atoms with Gasteiger partial charge in [0.2, 0.25) is 0 Å². The number of thioether (sulfide) groups is 1. The van der Waals surface area contributed by atoms with Crippen molar-refractivity contribution in [1.82, 2.24) is 0 Å². The van der Waals surface area contributed by atoms with E-state index in [0.29, 0.717) is 16.3 Å². The Morgan fingerprint density at radius 1 is 0.656 bits per heavy atom. The van der Waals surface area contributed by atoms with E-state index in [1.54, 1.807) is 49.0 Å². The molecular formula is C26H24O4S2. The summed E-state index contributed by atoms with van der Waals surface area (Å²) in [5.41, 5.74) is 1.36. The number of hydrogen-bond acceptors (Lipinski definition) is 5. The van der Waals surface area contributed by atoms with E-state index < -0.39 is 9.84 Å². The third kappa shape index (κ3) is 4.92. The van der Waals surface area contributed by atoms with Crippen LogP contribution in [-0.4, -0.2) is 32.5 Å². The van der Waals surface area contributed by atoms with Gasteiger partial charge < -0.3 is 0 Å². The number of ketones is 2. The maximum atomic E-state index is 11.6. The fraction of sp³-hybridized carbons (Fsp3) is 0.154. The van der Waals surface area contributed by atoms with Crippen LogP contribution in [-0.2, 0) is 9.84 Å². The van der Waals surface area contributed by atoms with Crippen LogP contribution < -0.4 is 0 Å². The van der Waals surface area contributed by atoms with Crippen molar-refractivity contribution in [2.75, 3.05) is 12.5 Å². The molecule has 0 amide bonds. The molecule has 0 N–H and O–H groups in total. The van der Waals surface area contributed by atoms with E-state index in [-0.39, 0.29) is 16.5 Å². The molecule has 0 spiro atoms. The van der Waals surface area contributed by atoms with E-state index in [2.05, 4.69) is 12.3 Å². The van der Waals surface area contributed by atoms with Crippen LogP contribution >= 0.6 is 11.8 Å². The van der Waals surface area contributed by atoms with Crippen molar-refractivity contribution in [3.05, 3.63) is 83.9 Å². The summed E-state index contributed by atoms with van der Waals surface area (Å²) in [5, 5.41) is 3.50. The highest BCUT2D eigenvalue weighted by atomic mass is 32.2. The fourth-order valence-corrected chi connectivity index (χ4v) is 5.15. The Labute approximate surface area is 192 Å². The van der Waals surface area contributed by atoms with Crippen molar-refractivity contribution in [3.8, 4) is 0 Å². The fourth-order valence-electron chi connectivity index (χ4n) is 3.66. The Morgan fingerprint density at radius 2 is 1.09 bits per heavy atom. The first-order chi connectivity index (χ1) is 15.1. The van der Waals surface area contributed by atoms with Crippen LogP contribution in [0.3, 0.4) is 0 Å². The third-order valence-electron chi connectivity index (χ3n) is 5.15. The molecule has 0 fully saturated rings. The molecule has 4 aromatic rings. The van der Waals surface area contributed by atoms with Crippen molar-refractivity contribution < 1.29 is 18.0 Å². The molecule has 0 aromatic heterocycles. The van der Waals surface area contributed by atoms with Crippen LogP contribution in [0.1, 0.15) is 34.6 Å². The number of Topliss-reactive ketones (excluding diaryl/α,β-unsaturated/α-hetero) is 2. The van der Waals surface area contributed by atoms with E-state index in [1.807, 2.05) is 30.3 Å². The molecule has 0 saturated heterocycles. The molecule has 0 aliphatic carbocycles. The lowest BCUT2D eigenvalue weighted by atomic mass is 10.0. The number of sulfone groups is 1. The van der Waals surface area contributed by atoms with Gasteiger partial charge in [0, 0.05) is 27.7 Å². The number of carbonyl (C=O) groups is 2. The summed E-state index contributed by atoms with van der Waals surface area (Å²) in [6.45, 7) is 3.09. The van der Waals surface area contributed by atoms with Gasteiger partial charge in [-0.2, -0.15) is 0 Å². The molecule has 6 heteroatoms. The van der Waals surface area contributed by atoms with Gasteiger partial charge in [-0.25, -0.2) is 8.42 Å². The largest absolute Gasteiger partial charge is 0.294 e. The molecule has 0 bridgehead atoms. The van der Waals surface area contributed by atoms with Gasteiger partial charge in [-0.1, -0.05) is 48.5 Å². The van der Waals surface area contributed by atoms with E-state index in [4.69, 9.17) is 0 Å². The maximum absolute atomic E-state index is 11.6. The Morgan fingerprint density at radius 3 is 1.56 bits per heavy atom. The summed E-state index contributed by atoms with van der Waals surface area (Å²) in [6, 6.07) is 22.1. The summed E-state index contributed by atoms with van der Waals surface area (Å²) in [4.78, 5) is 24.4. The zero-order valence-electron chi connectivity index (χ0n) is 18.4. The third-order valence-corrected chi connectivity index (χ3v) is 7.10. The number of carbonyl (C=O) groups excluding carboxylic acids is 2. The highest BCUT2D eigenvalue weighted by Gasteiger charge is 2.15. The highest BCUT2D eigenvalue weighted by Crippen LogP contribution is 2.29. The summed E-state index contributed by atoms with van der Waals surface area (Å²) < 4.78 is 23.3. The molecule has 0 radical (unpaired) electrons. The van der Waals surface area contributed by atoms with Gasteiger partial charge in [-0.15, -0.1) is 11.8 Å². The van der Waals surface area contributed by atoms with Crippen LogP contribution in [0, 0.1) is 0 Å². The van der Waals surface area contributed by atoms with E-state index >= 15 is 0 Å². The minimum atomic E-state index is -3.28. The van der Waals surface area contributed by atoms with Crippen LogP contribution in [0.5, 0.6) is 0 Å². The second-order valence-electron chi connectivity index (χ2n) is 7.40. The van der Waals surface area contributed by atoms with Crippen molar-refractivity contribution >= 4 is 54.7 Å². The van der Waals surface area contributed by atoms with Crippen LogP contribution in [0.2, 0.25) is 0 Å². The van der Waals surface area contributed by atoms with Crippen LogP contribution in [0.25, 0.3) is 21.5 Å². The molecule has 0 unspecified atom stereocenters. The van der Waals surface area contributed by atoms with Crippen LogP contribution in [0.4, 0.5) is 0 Å². The topological polar surface area (TPSA) is 68.3 Å². The SMILES string of the molecule is CC(=O)c1ccc(S(C)(=O)=O)c2ccccc12.CSc1ccc(C(C)=O)c2ccccc12. The first kappa shape index (κ1) is 23.7. The zero-order chi connectivity index (χ0) is 23.5. The smallest absolute Gasteiger partial charge is 0.176 e. The van der Waals surface area contributed by atoms with Gasteiger partial charge in [-0.05, 0) is 60.5 Å². The Kier molecular flexibility index (Phi) is 7.16. The molecule has 0 atom stereocenters. The van der Waals surface area contributed by atoms with Gasteiger partial charge in [0.15, 0.2) is 21.4 Å². The van der Waals surface area contributed by atoms with Gasteiger partial charge in [-0.3, -0.25) is 9.59 Å². The Balaban J connectivity index is 0.000000182. The van der Waals surface area contributed by atoms with Gasteiger partial charge >= 0.3 is 0 Å². The predicted octanol–water partition coefficient (Wildman–Crippen LogP) is 6.21. The number of benzene rings is 4. The van der Waals surface area contributed by atoms with E-state index in [9.17, 15) is 18.0 Å². The monoisotopic (exact) mass is 464 g/mol. The lowest BCUT2D eigenvalue weighted by Gasteiger charge is -2.07. The van der Waals surface area contributed by atoms with Gasteiger partial charge in [0.1, 0.15) is 0 Å². The summed E-state index contributed by atoms with van der Waals surface area (Å²) in [7, 11) is -3.28. The molecule has 32 heavy (non-hydrogen) atoms. The standard InChI is InChI=1S/C13H12O3S.C13H12OS/c1-9(14)10-7-8-13(17(2,15)16)12-6-4-3-5-11(10)12;1-9(14)10-7-8-13(15-2)12-6-4-3-5-11(10)12/h3-8H,1-2H3;3-8H,1-2H3. The van der Waals surface area contributed by atoms with Crippen molar-refractivity contribution in [1.29, 1.82) is 0 Å². The molecule has 4 rings (SSSR count). The first-order valence-corrected chi connectivity index (χ1v) is 13.1. The molecule has 0 heterocycles. The molecule has 164 valence electrons. The highest BCUT2D eigenvalue weighted by molar-refractivity contribution is 7.98. The second-order valence-corrected chi connectivity index (χ2v) is 10.2. The minimum absolute atomic E-state index is 0.0683. The average Bonchev–Trinajstić information content (AvgIpc) is 2.77. The second kappa shape index (κ2) is 9.67. The quantitative estimate of drug-likeness (QED) is 0.265. The molecule has 4 nitrogen and oxygen atoms in total. The lowest BCUT2D eigenvalue weighted by Crippen LogP contribution is -2.01. The van der Waals surface area contributed by atoms with E-state index in [0.717, 1.165) is 16.3 Å². The van der Waals surface area contributed by atoms with Gasteiger partial charge in [0.25, 0.3) is 0 Å². The van der Waals surface area contributed by atoms with Crippen molar-refractivity contribution in [2.45, 2.75) is 23.6 Å². The Bertz CT molecular complexity index is 1440. The average molecular weight is 465 g/mol. The normalized spacial score (nSPS) is 11.1. The van der Waals surface area contributed by atoms with E-state index in [1.165, 1.54) is 24.1 Å². The molecule has 0 aliphatic heterocycles. The molecular weight excluding hydrogens is 440 g/mol. The molecule has 4 aromatic carbocycles. The van der Waals surface area contributed by atoms with Crippen LogP contribution in [0.15, 0.2) is 82.6 Å². The number of rotatable bonds is 4. The predicted molar refractivity (Wildman–Crippen MR) is 133 cm³/mol. The first-order valence-electron chi connectivity index (χ1n) is 9.94. The molecule has 0 saturated carbocycles. The zero-order valence-corrected chi connectivity index (χ0v) is 20.0. The lowest BCUT2D eigenvalue weighted by molar-refractivity contribution is 0.101. The van der Waals surface area contributed by atoms with Gasteiger partial charge in [0.05, 0.1) is 4.90 Å². The van der Waals surface area contributed by atoms with Crippen molar-refractivity contribution in [2.24, 2.45) is 0 Å². The molecule has 0 aliphatic rings. The summed E-state index contributed by atoms with van der Waals surface area (Å²) in [6.07, 6.45) is 3.22. The van der Waals surface area contributed by atoms with Crippen molar-refractivity contribution in [3.63, 3.8) is 0 Å². The maximum Gasteiger partial charge on any atom is 0.176 e. The number of hydrogen-bond donors (Lipinski definition) is 0. The number of fused-ring (bicyclic) bond motifs is 2. The summed E-state index contributed by atoms with van der Waals surface area (Å²) in [5.74, 6) is 0.0557.